The number of piperidine rings is 1. The lowest BCUT2D eigenvalue weighted by molar-refractivity contribution is -0.295. The summed E-state index contributed by atoms with van der Waals surface area (Å²) in [5.41, 5.74) is -2.30. The van der Waals surface area contributed by atoms with E-state index in [0.29, 0.717) is 12.8 Å². The predicted molar refractivity (Wildman–Crippen MR) is 64.0 cm³/mol. The van der Waals surface area contributed by atoms with E-state index >= 15 is 0 Å². The van der Waals surface area contributed by atoms with Gasteiger partial charge in [0.1, 0.15) is 5.54 Å². The number of carbonyl (C=O) groups excluding carboxylic acids is 2. The number of rotatable bonds is 0. The van der Waals surface area contributed by atoms with Crippen molar-refractivity contribution >= 4 is 11.9 Å². The third kappa shape index (κ3) is 1.63. The fourth-order valence-corrected chi connectivity index (χ4v) is 3.50. The molecule has 1 N–H and O–H groups in total. The zero-order valence-electron chi connectivity index (χ0n) is 11.5. The minimum absolute atomic E-state index is 0.234. The Balaban J connectivity index is 2.43. The second kappa shape index (κ2) is 3.45. The molecule has 101 valence electrons. The Morgan fingerprint density at radius 2 is 1.50 bits per heavy atom. The number of imide groups is 1. The van der Waals surface area contributed by atoms with Crippen molar-refractivity contribution in [1.82, 2.24) is 15.3 Å². The van der Waals surface area contributed by atoms with Crippen LogP contribution in [0.5, 0.6) is 0 Å². The largest absolute Gasteiger partial charge is 0.324 e. The maximum absolute atomic E-state index is 12.3. The molecule has 0 unspecified atom stereocenters. The first-order valence-electron chi connectivity index (χ1n) is 6.10. The molecule has 6 heteroatoms. The minimum atomic E-state index is -0.931. The van der Waals surface area contributed by atoms with Gasteiger partial charge >= 0.3 is 6.03 Å². The van der Waals surface area contributed by atoms with Gasteiger partial charge in [0.05, 0.1) is 0 Å². The third-order valence-corrected chi connectivity index (χ3v) is 3.93. The van der Waals surface area contributed by atoms with Crippen LogP contribution in [0.2, 0.25) is 0 Å². The Morgan fingerprint density at radius 3 is 1.83 bits per heavy atom. The number of urea groups is 1. The van der Waals surface area contributed by atoms with Crippen molar-refractivity contribution in [2.24, 2.45) is 0 Å². The Morgan fingerprint density at radius 1 is 1.06 bits per heavy atom. The molecule has 0 saturated carbocycles. The maximum Gasteiger partial charge on any atom is 0.324 e. The Hall–Kier alpha value is -1.14. The topological polar surface area (TPSA) is 72.6 Å². The molecule has 2 aliphatic heterocycles. The van der Waals surface area contributed by atoms with Crippen LogP contribution < -0.4 is 5.32 Å². The number of hydroxylamine groups is 2. The van der Waals surface area contributed by atoms with Gasteiger partial charge in [-0.05, 0) is 40.5 Å². The zero-order chi connectivity index (χ0) is 13.9. The highest BCUT2D eigenvalue weighted by Crippen LogP contribution is 2.44. The smallest absolute Gasteiger partial charge is 0.323 e. The Bertz CT molecular complexity index is 399. The quantitative estimate of drug-likeness (QED) is 0.653. The van der Waals surface area contributed by atoms with Crippen LogP contribution in [-0.2, 0) is 10.0 Å². The summed E-state index contributed by atoms with van der Waals surface area (Å²) >= 11 is 0. The monoisotopic (exact) mass is 254 g/mol. The molecule has 0 bridgehead atoms. The molecule has 0 atom stereocenters. The van der Waals surface area contributed by atoms with E-state index < -0.39 is 16.6 Å². The van der Waals surface area contributed by atoms with Gasteiger partial charge in [-0.2, -0.15) is 0 Å². The van der Waals surface area contributed by atoms with Gasteiger partial charge in [0.2, 0.25) is 0 Å². The lowest BCUT2D eigenvalue weighted by Gasteiger charge is -2.52. The zero-order valence-corrected chi connectivity index (χ0v) is 11.5. The molecule has 2 rings (SSSR count). The fraction of sp³-hybridized carbons (Fsp3) is 0.833. The summed E-state index contributed by atoms with van der Waals surface area (Å²) in [7, 11) is 1.47. The van der Waals surface area contributed by atoms with Gasteiger partial charge < -0.3 is 5.32 Å². The van der Waals surface area contributed by atoms with E-state index in [1.54, 1.807) is 27.7 Å². The lowest BCUT2D eigenvalue weighted by atomic mass is 9.70. The van der Waals surface area contributed by atoms with Gasteiger partial charge in [0.25, 0.3) is 5.91 Å². The first kappa shape index (κ1) is 13.3. The van der Waals surface area contributed by atoms with E-state index in [2.05, 4.69) is 5.32 Å². The number of nitrogens with zero attached hydrogens (tertiary/aromatic N) is 2. The minimum Gasteiger partial charge on any atom is -0.323 e. The number of nitrogens with one attached hydrogen (secondary N) is 1. The molecule has 0 aromatic carbocycles. The van der Waals surface area contributed by atoms with Crippen LogP contribution in [0.3, 0.4) is 0 Å². The number of carbonyl (C=O) groups is 2. The van der Waals surface area contributed by atoms with E-state index in [1.165, 1.54) is 7.05 Å². The summed E-state index contributed by atoms with van der Waals surface area (Å²) in [6, 6.07) is -0.383. The van der Waals surface area contributed by atoms with Gasteiger partial charge in [-0.15, -0.1) is 10.3 Å². The highest BCUT2D eigenvalue weighted by atomic mass is 16.5. The molecule has 2 fully saturated rings. The van der Waals surface area contributed by atoms with Crippen LogP contribution in [0.1, 0.15) is 40.5 Å². The number of hydrogen-bond donors (Lipinski definition) is 1. The van der Waals surface area contributed by atoms with E-state index in [0.717, 1.165) is 9.96 Å². The van der Waals surface area contributed by atoms with E-state index in [9.17, 15) is 14.8 Å². The van der Waals surface area contributed by atoms with E-state index in [4.69, 9.17) is 0 Å². The van der Waals surface area contributed by atoms with Crippen molar-refractivity contribution in [2.45, 2.75) is 57.2 Å². The standard InChI is InChI=1S/C12H20N3O3/c1-10(2)6-12(7-11(3,4)15(10)18)8(16)14(5)9(17)13-12/h6-7H2,1-5H3,(H,13,17). The van der Waals surface area contributed by atoms with Crippen molar-refractivity contribution in [3.63, 3.8) is 0 Å². The molecule has 1 radical (unpaired) electrons. The summed E-state index contributed by atoms with van der Waals surface area (Å²) < 4.78 is 0. The molecule has 18 heavy (non-hydrogen) atoms. The molecule has 6 nitrogen and oxygen atoms in total. The first-order chi connectivity index (χ1) is 8.02. The van der Waals surface area contributed by atoms with Crippen molar-refractivity contribution in [2.75, 3.05) is 7.05 Å². The highest BCUT2D eigenvalue weighted by molar-refractivity contribution is 6.07. The second-order valence-electron chi connectivity index (χ2n) is 6.65. The van der Waals surface area contributed by atoms with Gasteiger partial charge in [-0.1, -0.05) is 0 Å². The van der Waals surface area contributed by atoms with E-state index in [1.807, 2.05) is 0 Å². The average molecular weight is 254 g/mol. The van der Waals surface area contributed by atoms with Crippen molar-refractivity contribution < 1.29 is 14.8 Å². The molecule has 2 heterocycles. The Kier molecular flexibility index (Phi) is 2.55. The van der Waals surface area contributed by atoms with Crippen LogP contribution in [0.4, 0.5) is 4.79 Å². The summed E-state index contributed by atoms with van der Waals surface area (Å²) in [5, 5.41) is 16.1. The molecule has 0 aromatic rings. The summed E-state index contributed by atoms with van der Waals surface area (Å²) in [6.07, 6.45) is 0.670. The van der Waals surface area contributed by atoms with Crippen LogP contribution in [0.15, 0.2) is 0 Å². The van der Waals surface area contributed by atoms with Crippen molar-refractivity contribution in [3.8, 4) is 0 Å². The summed E-state index contributed by atoms with van der Waals surface area (Å²) in [5.74, 6) is -0.234. The van der Waals surface area contributed by atoms with Crippen LogP contribution in [0, 0.1) is 0 Å². The fourth-order valence-electron chi connectivity index (χ4n) is 3.50. The normalized spacial score (nSPS) is 29.8. The molecule has 2 saturated heterocycles. The van der Waals surface area contributed by atoms with Crippen LogP contribution >= 0.6 is 0 Å². The average Bonchev–Trinajstić information content (AvgIpc) is 2.39. The second-order valence-corrected chi connectivity index (χ2v) is 6.65. The molecular weight excluding hydrogens is 234 g/mol. The molecule has 1 spiro atoms. The highest BCUT2D eigenvalue weighted by Gasteiger charge is 2.61. The molecular formula is C12H20N3O3. The predicted octanol–water partition coefficient (Wildman–Crippen LogP) is 0.905. The maximum atomic E-state index is 12.3. The van der Waals surface area contributed by atoms with Gasteiger partial charge in [-0.3, -0.25) is 9.69 Å². The molecule has 0 aromatic heterocycles. The first-order valence-corrected chi connectivity index (χ1v) is 6.10. The van der Waals surface area contributed by atoms with Crippen LogP contribution in [0.25, 0.3) is 0 Å². The van der Waals surface area contributed by atoms with Crippen molar-refractivity contribution in [3.05, 3.63) is 0 Å². The van der Waals surface area contributed by atoms with Gasteiger partial charge in [-0.25, -0.2) is 4.79 Å². The number of hydrogen-bond acceptors (Lipinski definition) is 3. The lowest BCUT2D eigenvalue weighted by Crippen LogP contribution is -2.68. The van der Waals surface area contributed by atoms with Gasteiger partial charge in [0.15, 0.2) is 0 Å². The number of amides is 3. The molecule has 3 amide bonds. The van der Waals surface area contributed by atoms with Gasteiger partial charge in [0, 0.05) is 18.1 Å². The summed E-state index contributed by atoms with van der Waals surface area (Å²) in [6.45, 7) is 7.22. The third-order valence-electron chi connectivity index (χ3n) is 3.93. The van der Waals surface area contributed by atoms with E-state index in [-0.39, 0.29) is 11.9 Å². The van der Waals surface area contributed by atoms with Crippen molar-refractivity contribution in [1.29, 1.82) is 0 Å². The SMILES string of the molecule is CN1C(=O)NC2(CC(C)(C)N([O])C(C)(C)C2)C1=O. The molecule has 2 aliphatic rings. The Labute approximate surface area is 107 Å². The molecule has 0 aliphatic carbocycles. The number of likely N-dealkylation sites (N-methyl/N-ethyl adjacent to an activating group) is 1. The van der Waals surface area contributed by atoms with Crippen LogP contribution in [-0.4, -0.2) is 45.6 Å². The summed E-state index contributed by atoms with van der Waals surface area (Å²) in [4.78, 5) is 25.1.